The Balaban J connectivity index is 1.74. The molecule has 0 unspecified atom stereocenters. The Morgan fingerprint density at radius 1 is 1.13 bits per heavy atom. The number of nitrogen functional groups attached to an aromatic ring is 1. The highest BCUT2D eigenvalue weighted by Gasteiger charge is 2.24. The molecule has 3 aromatic rings. The van der Waals surface area contributed by atoms with Crippen molar-refractivity contribution in [2.24, 2.45) is 0 Å². The number of fused-ring (bicyclic) bond motifs is 1. The number of esters is 2. The minimum absolute atomic E-state index is 0.0161. The molecule has 10 heteroatoms. The van der Waals surface area contributed by atoms with Gasteiger partial charge in [0.15, 0.2) is 12.4 Å². The van der Waals surface area contributed by atoms with Crippen LogP contribution in [0.3, 0.4) is 0 Å². The van der Waals surface area contributed by atoms with Gasteiger partial charge in [-0.05, 0) is 19.9 Å². The van der Waals surface area contributed by atoms with E-state index in [0.717, 1.165) is 0 Å². The molecule has 0 radical (unpaired) electrons. The zero-order chi connectivity index (χ0) is 22.5. The summed E-state index contributed by atoms with van der Waals surface area (Å²) in [7, 11) is 3.05. The smallest absolute Gasteiger partial charge is 0.342 e. The first kappa shape index (κ1) is 21.9. The monoisotopic (exact) mass is 429 g/mol. The molecule has 0 fully saturated rings. The minimum atomic E-state index is -0.568. The van der Waals surface area contributed by atoms with E-state index in [1.165, 1.54) is 7.11 Å². The average Bonchev–Trinajstić information content (AvgIpc) is 3.09. The molecule has 0 aliphatic rings. The van der Waals surface area contributed by atoms with Gasteiger partial charge in [0.05, 0.1) is 32.6 Å². The SMILES string of the molecule is CCOC(=O)c1c(C)oc2nc(COC(=O)Cc3ccc(OC)cc3OC)nc(N)c12. The molecule has 2 aromatic heterocycles. The summed E-state index contributed by atoms with van der Waals surface area (Å²) in [4.78, 5) is 32.8. The minimum Gasteiger partial charge on any atom is -0.497 e. The van der Waals surface area contributed by atoms with E-state index in [9.17, 15) is 9.59 Å². The first-order valence-electron chi connectivity index (χ1n) is 9.47. The second kappa shape index (κ2) is 9.33. The van der Waals surface area contributed by atoms with E-state index in [1.54, 1.807) is 39.2 Å². The summed E-state index contributed by atoms with van der Waals surface area (Å²) in [5.74, 6) is 0.542. The van der Waals surface area contributed by atoms with Crippen molar-refractivity contribution in [2.45, 2.75) is 26.9 Å². The van der Waals surface area contributed by atoms with E-state index in [1.807, 2.05) is 0 Å². The summed E-state index contributed by atoms with van der Waals surface area (Å²) < 4.78 is 26.3. The molecule has 31 heavy (non-hydrogen) atoms. The van der Waals surface area contributed by atoms with Gasteiger partial charge in [0, 0.05) is 11.6 Å². The Kier molecular flexibility index (Phi) is 6.58. The van der Waals surface area contributed by atoms with E-state index in [-0.39, 0.29) is 47.9 Å². The van der Waals surface area contributed by atoms with Crippen molar-refractivity contribution in [3.63, 3.8) is 0 Å². The summed E-state index contributed by atoms with van der Waals surface area (Å²) in [6.45, 7) is 3.29. The van der Waals surface area contributed by atoms with Crippen LogP contribution in [-0.4, -0.2) is 42.7 Å². The van der Waals surface area contributed by atoms with E-state index in [4.69, 9.17) is 29.1 Å². The van der Waals surface area contributed by atoms with Crippen molar-refractivity contribution >= 4 is 28.9 Å². The third-order valence-corrected chi connectivity index (χ3v) is 4.47. The van der Waals surface area contributed by atoms with Crippen LogP contribution in [0.5, 0.6) is 11.5 Å². The van der Waals surface area contributed by atoms with Gasteiger partial charge < -0.3 is 29.1 Å². The fraction of sp³-hybridized carbons (Fsp3) is 0.333. The van der Waals surface area contributed by atoms with E-state index in [0.29, 0.717) is 22.8 Å². The van der Waals surface area contributed by atoms with Crippen LogP contribution in [0.15, 0.2) is 22.6 Å². The molecule has 10 nitrogen and oxygen atoms in total. The molecule has 0 aliphatic carbocycles. The molecule has 2 N–H and O–H groups in total. The van der Waals surface area contributed by atoms with Crippen molar-refractivity contribution < 1.29 is 33.0 Å². The largest absolute Gasteiger partial charge is 0.497 e. The number of nitrogens with zero attached hydrogens (tertiary/aromatic N) is 2. The maximum Gasteiger partial charge on any atom is 0.342 e. The number of rotatable bonds is 8. The molecule has 0 saturated heterocycles. The van der Waals surface area contributed by atoms with E-state index < -0.39 is 11.9 Å². The Morgan fingerprint density at radius 3 is 2.58 bits per heavy atom. The number of anilines is 1. The standard InChI is InChI=1S/C21H23N3O7/c1-5-29-21(26)17-11(2)31-20-18(17)19(22)23-15(24-20)10-30-16(25)8-12-6-7-13(27-3)9-14(12)28-4/h6-7,9H,5,8,10H2,1-4H3,(H2,22,23,24). The normalized spacial score (nSPS) is 10.7. The highest BCUT2D eigenvalue weighted by molar-refractivity contribution is 6.07. The Morgan fingerprint density at radius 2 is 1.90 bits per heavy atom. The number of ether oxygens (including phenoxy) is 4. The molecule has 0 atom stereocenters. The first-order valence-corrected chi connectivity index (χ1v) is 9.47. The van der Waals surface area contributed by atoms with Gasteiger partial charge in [0.25, 0.3) is 0 Å². The molecule has 0 amide bonds. The fourth-order valence-corrected chi connectivity index (χ4v) is 3.05. The van der Waals surface area contributed by atoms with E-state index in [2.05, 4.69) is 9.97 Å². The lowest BCUT2D eigenvalue weighted by atomic mass is 10.1. The second-order valence-corrected chi connectivity index (χ2v) is 6.47. The lowest BCUT2D eigenvalue weighted by Gasteiger charge is -2.10. The van der Waals surface area contributed by atoms with Crippen molar-refractivity contribution in [2.75, 3.05) is 26.6 Å². The number of furan rings is 1. The summed E-state index contributed by atoms with van der Waals surface area (Å²) in [6, 6.07) is 5.13. The van der Waals surface area contributed by atoms with Gasteiger partial charge in [0.1, 0.15) is 28.6 Å². The van der Waals surface area contributed by atoms with Crippen LogP contribution >= 0.6 is 0 Å². The number of benzene rings is 1. The molecule has 164 valence electrons. The number of methoxy groups -OCH3 is 2. The fourth-order valence-electron chi connectivity index (χ4n) is 3.05. The molecule has 2 heterocycles. The zero-order valence-corrected chi connectivity index (χ0v) is 17.7. The lowest BCUT2D eigenvalue weighted by Crippen LogP contribution is -2.11. The molecule has 0 spiro atoms. The maximum atomic E-state index is 12.3. The third-order valence-electron chi connectivity index (χ3n) is 4.47. The number of aromatic nitrogens is 2. The Bertz CT molecular complexity index is 1120. The molecule has 3 rings (SSSR count). The van der Waals surface area contributed by atoms with Crippen molar-refractivity contribution in [1.29, 1.82) is 0 Å². The number of carbonyl (C=O) groups is 2. The van der Waals surface area contributed by atoms with Gasteiger partial charge in [-0.25, -0.2) is 9.78 Å². The Labute approximate surface area is 178 Å². The molecular weight excluding hydrogens is 406 g/mol. The summed E-state index contributed by atoms with van der Waals surface area (Å²) in [6.07, 6.45) is -0.0161. The van der Waals surface area contributed by atoms with Crippen molar-refractivity contribution in [3.05, 3.63) is 40.9 Å². The van der Waals surface area contributed by atoms with Gasteiger partial charge in [-0.1, -0.05) is 6.07 Å². The van der Waals surface area contributed by atoms with Gasteiger partial charge in [0.2, 0.25) is 5.71 Å². The van der Waals surface area contributed by atoms with Gasteiger partial charge in [-0.3, -0.25) is 4.79 Å². The topological polar surface area (TPSA) is 136 Å². The highest BCUT2D eigenvalue weighted by atomic mass is 16.5. The predicted octanol–water partition coefficient (Wildman–Crippen LogP) is 2.59. The van der Waals surface area contributed by atoms with Gasteiger partial charge in [-0.2, -0.15) is 4.98 Å². The number of carbonyl (C=O) groups excluding carboxylic acids is 2. The van der Waals surface area contributed by atoms with Crippen molar-refractivity contribution in [1.82, 2.24) is 9.97 Å². The van der Waals surface area contributed by atoms with Crippen LogP contribution in [0.2, 0.25) is 0 Å². The highest BCUT2D eigenvalue weighted by Crippen LogP contribution is 2.29. The van der Waals surface area contributed by atoms with Crippen molar-refractivity contribution in [3.8, 4) is 11.5 Å². The number of hydrogen-bond acceptors (Lipinski definition) is 10. The predicted molar refractivity (Wildman–Crippen MR) is 110 cm³/mol. The zero-order valence-electron chi connectivity index (χ0n) is 17.7. The maximum absolute atomic E-state index is 12.3. The number of hydrogen-bond donors (Lipinski definition) is 1. The van der Waals surface area contributed by atoms with Crippen LogP contribution in [0, 0.1) is 6.92 Å². The number of nitrogens with two attached hydrogens (primary N) is 1. The molecule has 0 bridgehead atoms. The van der Waals surface area contributed by atoms with E-state index >= 15 is 0 Å². The van der Waals surface area contributed by atoms with Crippen LogP contribution < -0.4 is 15.2 Å². The summed E-state index contributed by atoms with van der Waals surface area (Å²) in [5.41, 5.74) is 6.96. The van der Waals surface area contributed by atoms with Gasteiger partial charge >= 0.3 is 11.9 Å². The summed E-state index contributed by atoms with van der Waals surface area (Å²) >= 11 is 0. The molecule has 1 aromatic carbocycles. The average molecular weight is 429 g/mol. The number of aryl methyl sites for hydroxylation is 1. The molecule has 0 saturated carbocycles. The van der Waals surface area contributed by atoms with Crippen LogP contribution in [0.4, 0.5) is 5.82 Å². The van der Waals surface area contributed by atoms with Crippen LogP contribution in [-0.2, 0) is 27.3 Å². The second-order valence-electron chi connectivity index (χ2n) is 6.47. The molecule has 0 aliphatic heterocycles. The Hall–Kier alpha value is -3.82. The van der Waals surface area contributed by atoms with Gasteiger partial charge in [-0.15, -0.1) is 0 Å². The summed E-state index contributed by atoms with van der Waals surface area (Å²) in [5, 5.41) is 0.272. The third kappa shape index (κ3) is 4.68. The van der Waals surface area contributed by atoms with Crippen LogP contribution in [0.1, 0.15) is 34.4 Å². The molecular formula is C21H23N3O7. The van der Waals surface area contributed by atoms with Crippen LogP contribution in [0.25, 0.3) is 11.1 Å². The quantitative estimate of drug-likeness (QED) is 0.532. The first-order chi connectivity index (χ1) is 14.9. The lowest BCUT2D eigenvalue weighted by molar-refractivity contribution is -0.144.